The molecule has 1 aromatic carbocycles. The maximum atomic E-state index is 12.8. The van der Waals surface area contributed by atoms with Crippen LogP contribution in [0, 0.1) is 16.7 Å². The molecule has 0 heterocycles. The zero-order valence-electron chi connectivity index (χ0n) is 13.0. The lowest BCUT2D eigenvalue weighted by atomic mass is 9.70. The number of carbonyl (C=O) groups is 1. The van der Waals surface area contributed by atoms with Crippen molar-refractivity contribution >= 4 is 11.9 Å². The van der Waals surface area contributed by atoms with Crippen molar-refractivity contribution in [3.8, 4) is 0 Å². The molecular weight excluding hydrogens is 244 g/mol. The van der Waals surface area contributed by atoms with Gasteiger partial charge in [0.15, 0.2) is 5.78 Å². The first-order valence-corrected chi connectivity index (χ1v) is 7.75. The molecule has 106 valence electrons. The number of fused-ring (bicyclic) bond motifs is 2. The van der Waals surface area contributed by atoms with Gasteiger partial charge in [-0.2, -0.15) is 0 Å². The van der Waals surface area contributed by atoms with Crippen LogP contribution in [0.4, 0.5) is 0 Å². The topological polar surface area (TPSA) is 17.1 Å². The lowest BCUT2D eigenvalue weighted by Crippen LogP contribution is -2.32. The van der Waals surface area contributed by atoms with E-state index in [1.165, 1.54) is 5.56 Å². The number of hydrogen-bond donors (Lipinski definition) is 0. The van der Waals surface area contributed by atoms with Gasteiger partial charge in [-0.05, 0) is 53.4 Å². The predicted molar refractivity (Wildman–Crippen MR) is 83.4 cm³/mol. The second kappa shape index (κ2) is 4.31. The first kappa shape index (κ1) is 13.6. The van der Waals surface area contributed by atoms with Crippen molar-refractivity contribution < 1.29 is 4.79 Å². The molecule has 0 N–H and O–H groups in total. The zero-order valence-corrected chi connectivity index (χ0v) is 13.0. The Morgan fingerprint density at radius 2 is 1.85 bits per heavy atom. The highest BCUT2D eigenvalue weighted by Gasteiger charge is 2.63. The van der Waals surface area contributed by atoms with E-state index in [1.54, 1.807) is 0 Å². The monoisotopic (exact) mass is 268 g/mol. The fourth-order valence-electron chi connectivity index (χ4n) is 4.12. The Labute approximate surface area is 122 Å². The van der Waals surface area contributed by atoms with Crippen LogP contribution in [0.1, 0.15) is 51.7 Å². The summed E-state index contributed by atoms with van der Waals surface area (Å²) in [7, 11) is 0. The third-order valence-corrected chi connectivity index (χ3v) is 6.08. The molecule has 1 heteroatoms. The van der Waals surface area contributed by atoms with E-state index in [2.05, 4.69) is 58.0 Å². The maximum absolute atomic E-state index is 12.8. The summed E-state index contributed by atoms with van der Waals surface area (Å²) in [6.45, 7) is 8.86. The van der Waals surface area contributed by atoms with Gasteiger partial charge >= 0.3 is 0 Å². The normalized spacial score (nSPS) is 33.1. The average Bonchev–Trinajstić information content (AvgIpc) is 2.74. The van der Waals surface area contributed by atoms with Gasteiger partial charge in [-0.3, -0.25) is 4.79 Å². The fraction of sp³-hybridized carbons (Fsp3) is 0.526. The summed E-state index contributed by atoms with van der Waals surface area (Å²) in [5.74, 6) is 0.823. The highest BCUT2D eigenvalue weighted by molar-refractivity contribution is 6.07. The number of ketones is 1. The molecule has 1 nitrogen and oxygen atoms in total. The standard InChI is InChI=1S/C19H24O/c1-5-13-6-8-14(9-7-13)12-15-16-10-11-19(4,17(15)20)18(16,2)3/h6-9,12,16H,5,10-11H2,1-4H3/b15-12+/t16-,19-/m1/s1. The highest BCUT2D eigenvalue weighted by atomic mass is 16.1. The molecule has 2 aliphatic carbocycles. The molecule has 0 aromatic heterocycles. The molecule has 1 aromatic rings. The summed E-state index contributed by atoms with van der Waals surface area (Å²) < 4.78 is 0. The van der Waals surface area contributed by atoms with Crippen molar-refractivity contribution in [2.45, 2.75) is 47.0 Å². The van der Waals surface area contributed by atoms with Crippen LogP contribution in [0.5, 0.6) is 0 Å². The van der Waals surface area contributed by atoms with Crippen LogP contribution < -0.4 is 0 Å². The van der Waals surface area contributed by atoms with Crippen LogP contribution in [0.2, 0.25) is 0 Å². The molecule has 3 rings (SSSR count). The van der Waals surface area contributed by atoms with Crippen molar-refractivity contribution in [3.63, 3.8) is 0 Å². The van der Waals surface area contributed by atoms with Crippen molar-refractivity contribution in [1.29, 1.82) is 0 Å². The van der Waals surface area contributed by atoms with Gasteiger partial charge in [0.05, 0.1) is 0 Å². The minimum Gasteiger partial charge on any atom is -0.294 e. The molecule has 0 saturated heterocycles. The lowest BCUT2D eigenvalue weighted by Gasteiger charge is -2.31. The molecule has 0 aliphatic heterocycles. The van der Waals surface area contributed by atoms with E-state index >= 15 is 0 Å². The zero-order chi connectivity index (χ0) is 14.5. The van der Waals surface area contributed by atoms with Gasteiger partial charge in [0.1, 0.15) is 0 Å². The number of aryl methyl sites for hydroxylation is 1. The van der Waals surface area contributed by atoms with Crippen molar-refractivity contribution in [1.82, 2.24) is 0 Å². The van der Waals surface area contributed by atoms with Crippen LogP contribution in [0.25, 0.3) is 6.08 Å². The number of rotatable bonds is 2. The minimum atomic E-state index is -0.146. The van der Waals surface area contributed by atoms with E-state index in [-0.39, 0.29) is 10.8 Å². The lowest BCUT2D eigenvalue weighted by molar-refractivity contribution is -0.125. The summed E-state index contributed by atoms with van der Waals surface area (Å²) in [6, 6.07) is 8.61. The van der Waals surface area contributed by atoms with Gasteiger partial charge in [-0.15, -0.1) is 0 Å². The van der Waals surface area contributed by atoms with Crippen LogP contribution in [0.3, 0.4) is 0 Å². The van der Waals surface area contributed by atoms with Crippen molar-refractivity contribution in [3.05, 3.63) is 41.0 Å². The molecular formula is C19H24O. The number of allylic oxidation sites excluding steroid dienone is 1. The largest absolute Gasteiger partial charge is 0.294 e. The molecule has 2 atom stereocenters. The second-order valence-corrected chi connectivity index (χ2v) is 7.17. The Morgan fingerprint density at radius 1 is 1.20 bits per heavy atom. The molecule has 2 saturated carbocycles. The highest BCUT2D eigenvalue weighted by Crippen LogP contribution is 2.65. The van der Waals surface area contributed by atoms with E-state index in [4.69, 9.17) is 0 Å². The van der Waals surface area contributed by atoms with Gasteiger partial charge < -0.3 is 0 Å². The van der Waals surface area contributed by atoms with E-state index in [0.717, 1.165) is 30.4 Å². The Morgan fingerprint density at radius 3 is 2.35 bits per heavy atom. The number of hydrogen-bond acceptors (Lipinski definition) is 1. The maximum Gasteiger partial charge on any atom is 0.165 e. The summed E-state index contributed by atoms with van der Waals surface area (Å²) >= 11 is 0. The Hall–Kier alpha value is -1.37. The summed E-state index contributed by atoms with van der Waals surface area (Å²) in [5, 5.41) is 0. The minimum absolute atomic E-state index is 0.110. The SMILES string of the molecule is CCc1ccc(/C=C2/C(=O)[C@@]3(C)CC[C@H]2C3(C)C)cc1. The third kappa shape index (κ3) is 1.65. The third-order valence-electron chi connectivity index (χ3n) is 6.08. The molecule has 0 spiro atoms. The molecule has 20 heavy (non-hydrogen) atoms. The molecule has 0 radical (unpaired) electrons. The molecule has 0 unspecified atom stereocenters. The molecule has 2 aliphatic rings. The van der Waals surface area contributed by atoms with Gasteiger partial charge in [0.2, 0.25) is 0 Å². The van der Waals surface area contributed by atoms with Crippen molar-refractivity contribution in [2.24, 2.45) is 16.7 Å². The Kier molecular flexibility index (Phi) is 2.93. The second-order valence-electron chi connectivity index (χ2n) is 7.17. The van der Waals surface area contributed by atoms with Gasteiger partial charge in [0.25, 0.3) is 0 Å². The molecule has 2 fully saturated rings. The van der Waals surface area contributed by atoms with Crippen LogP contribution in [-0.2, 0) is 11.2 Å². The predicted octanol–water partition coefficient (Wildman–Crippen LogP) is 4.66. The van der Waals surface area contributed by atoms with Crippen LogP contribution in [-0.4, -0.2) is 5.78 Å². The smallest absolute Gasteiger partial charge is 0.165 e. The average molecular weight is 268 g/mol. The molecule has 0 amide bonds. The van der Waals surface area contributed by atoms with Gasteiger partial charge in [0, 0.05) is 5.41 Å². The first-order valence-electron chi connectivity index (χ1n) is 7.75. The fourth-order valence-corrected chi connectivity index (χ4v) is 4.12. The van der Waals surface area contributed by atoms with E-state index in [0.29, 0.717) is 11.7 Å². The Bertz CT molecular complexity index is 576. The van der Waals surface area contributed by atoms with E-state index in [9.17, 15) is 4.79 Å². The first-order chi connectivity index (χ1) is 9.40. The van der Waals surface area contributed by atoms with Gasteiger partial charge in [-0.1, -0.05) is 52.0 Å². The number of carbonyl (C=O) groups excluding carboxylic acids is 1. The van der Waals surface area contributed by atoms with E-state index in [1.807, 2.05) is 0 Å². The van der Waals surface area contributed by atoms with Crippen LogP contribution in [0.15, 0.2) is 29.8 Å². The number of benzene rings is 1. The summed E-state index contributed by atoms with van der Waals surface area (Å²) in [5.41, 5.74) is 3.54. The summed E-state index contributed by atoms with van der Waals surface area (Å²) in [4.78, 5) is 12.8. The van der Waals surface area contributed by atoms with E-state index < -0.39 is 0 Å². The Balaban J connectivity index is 1.99. The van der Waals surface area contributed by atoms with Crippen molar-refractivity contribution in [2.75, 3.05) is 0 Å². The summed E-state index contributed by atoms with van der Waals surface area (Å²) in [6.07, 6.45) is 5.41. The quantitative estimate of drug-likeness (QED) is 0.713. The van der Waals surface area contributed by atoms with Crippen LogP contribution >= 0.6 is 0 Å². The van der Waals surface area contributed by atoms with Gasteiger partial charge in [-0.25, -0.2) is 0 Å². The number of Topliss-reactive ketones (excluding diaryl/α,β-unsaturated/α-hetero) is 1. The molecule has 2 bridgehead atoms.